The predicted octanol–water partition coefficient (Wildman–Crippen LogP) is 3.61. The van der Waals surface area contributed by atoms with Crippen molar-refractivity contribution in [2.24, 2.45) is 0 Å². The molecule has 0 unspecified atom stereocenters. The lowest BCUT2D eigenvalue weighted by Crippen LogP contribution is -2.14. The SMILES string of the molecule is CC1=C(Nc2ccc3cc[nH]c3c2)CCCC1=O. The molecule has 1 aromatic heterocycles. The number of fused-ring (bicyclic) bond motifs is 1. The first-order chi connectivity index (χ1) is 8.74. The first-order valence-corrected chi connectivity index (χ1v) is 6.31. The third-order valence-electron chi connectivity index (χ3n) is 3.55. The van der Waals surface area contributed by atoms with Crippen molar-refractivity contribution in [1.82, 2.24) is 4.98 Å². The monoisotopic (exact) mass is 240 g/mol. The maximum absolute atomic E-state index is 11.7. The maximum Gasteiger partial charge on any atom is 0.160 e. The lowest BCUT2D eigenvalue weighted by atomic mass is 9.96. The van der Waals surface area contributed by atoms with Crippen LogP contribution in [0.4, 0.5) is 5.69 Å². The Kier molecular flexibility index (Phi) is 2.67. The van der Waals surface area contributed by atoms with Gasteiger partial charge in [-0.25, -0.2) is 0 Å². The standard InChI is InChI=1S/C15H16N2O/c1-10-13(3-2-4-15(10)18)17-12-6-5-11-7-8-16-14(11)9-12/h5-9,16-17H,2-4H2,1H3. The molecule has 3 rings (SSSR count). The Morgan fingerprint density at radius 3 is 3.00 bits per heavy atom. The molecule has 0 radical (unpaired) electrons. The Labute approximate surface area is 106 Å². The number of hydrogen-bond donors (Lipinski definition) is 2. The van der Waals surface area contributed by atoms with Gasteiger partial charge in [0.2, 0.25) is 0 Å². The molecule has 0 saturated heterocycles. The quantitative estimate of drug-likeness (QED) is 0.842. The van der Waals surface area contributed by atoms with Crippen LogP contribution in [0, 0.1) is 0 Å². The van der Waals surface area contributed by atoms with E-state index in [0.717, 1.165) is 35.3 Å². The number of rotatable bonds is 2. The summed E-state index contributed by atoms with van der Waals surface area (Å²) < 4.78 is 0. The minimum atomic E-state index is 0.268. The van der Waals surface area contributed by atoms with Crippen molar-refractivity contribution in [2.75, 3.05) is 5.32 Å². The summed E-state index contributed by atoms with van der Waals surface area (Å²) in [4.78, 5) is 14.9. The summed E-state index contributed by atoms with van der Waals surface area (Å²) in [5.41, 5.74) is 4.10. The van der Waals surface area contributed by atoms with Gasteiger partial charge in [0, 0.05) is 35.1 Å². The normalized spacial score (nSPS) is 16.4. The molecule has 0 aliphatic heterocycles. The van der Waals surface area contributed by atoms with E-state index in [-0.39, 0.29) is 5.78 Å². The third-order valence-corrected chi connectivity index (χ3v) is 3.55. The topological polar surface area (TPSA) is 44.9 Å². The lowest BCUT2D eigenvalue weighted by Gasteiger charge is -2.18. The van der Waals surface area contributed by atoms with E-state index in [1.54, 1.807) is 0 Å². The number of allylic oxidation sites excluding steroid dienone is 2. The summed E-state index contributed by atoms with van der Waals surface area (Å²) >= 11 is 0. The summed E-state index contributed by atoms with van der Waals surface area (Å²) in [6, 6.07) is 8.26. The number of carbonyl (C=O) groups is 1. The van der Waals surface area contributed by atoms with Gasteiger partial charge >= 0.3 is 0 Å². The number of nitrogens with one attached hydrogen (secondary N) is 2. The third kappa shape index (κ3) is 1.92. The van der Waals surface area contributed by atoms with E-state index in [9.17, 15) is 4.79 Å². The van der Waals surface area contributed by atoms with E-state index >= 15 is 0 Å². The fraction of sp³-hybridized carbons (Fsp3) is 0.267. The fourth-order valence-electron chi connectivity index (χ4n) is 2.43. The van der Waals surface area contributed by atoms with Crippen LogP contribution in [0.15, 0.2) is 41.7 Å². The van der Waals surface area contributed by atoms with Gasteiger partial charge in [-0.2, -0.15) is 0 Å². The molecule has 2 N–H and O–H groups in total. The highest BCUT2D eigenvalue weighted by Gasteiger charge is 2.16. The van der Waals surface area contributed by atoms with E-state index in [1.165, 1.54) is 5.39 Å². The Morgan fingerprint density at radius 2 is 2.11 bits per heavy atom. The van der Waals surface area contributed by atoms with Crippen molar-refractivity contribution in [1.29, 1.82) is 0 Å². The highest BCUT2D eigenvalue weighted by atomic mass is 16.1. The molecule has 0 atom stereocenters. The minimum absolute atomic E-state index is 0.268. The Balaban J connectivity index is 1.91. The highest BCUT2D eigenvalue weighted by Crippen LogP contribution is 2.25. The number of Topliss-reactive ketones (excluding diaryl/α,β-unsaturated/α-hetero) is 1. The molecule has 1 aromatic carbocycles. The zero-order chi connectivity index (χ0) is 12.5. The number of anilines is 1. The van der Waals surface area contributed by atoms with Gasteiger partial charge in [-0.3, -0.25) is 4.79 Å². The molecule has 0 amide bonds. The number of aromatic nitrogens is 1. The van der Waals surface area contributed by atoms with Crippen LogP contribution in [0.3, 0.4) is 0 Å². The van der Waals surface area contributed by atoms with Crippen molar-refractivity contribution < 1.29 is 4.79 Å². The van der Waals surface area contributed by atoms with Crippen LogP contribution < -0.4 is 5.32 Å². The number of H-pyrrole nitrogens is 1. The molecule has 0 fully saturated rings. The molecular weight excluding hydrogens is 224 g/mol. The Morgan fingerprint density at radius 1 is 1.22 bits per heavy atom. The van der Waals surface area contributed by atoms with Gasteiger partial charge in [-0.15, -0.1) is 0 Å². The number of benzene rings is 1. The zero-order valence-electron chi connectivity index (χ0n) is 10.4. The van der Waals surface area contributed by atoms with Crippen molar-refractivity contribution >= 4 is 22.4 Å². The van der Waals surface area contributed by atoms with E-state index < -0.39 is 0 Å². The van der Waals surface area contributed by atoms with Crippen LogP contribution in [0.25, 0.3) is 10.9 Å². The second-order valence-electron chi connectivity index (χ2n) is 4.78. The van der Waals surface area contributed by atoms with Crippen LogP contribution in [0.5, 0.6) is 0 Å². The number of aromatic amines is 1. The average Bonchev–Trinajstić information content (AvgIpc) is 2.82. The molecular formula is C15H16N2O. The summed E-state index contributed by atoms with van der Waals surface area (Å²) in [7, 11) is 0. The average molecular weight is 240 g/mol. The highest BCUT2D eigenvalue weighted by molar-refractivity contribution is 5.97. The molecule has 92 valence electrons. The molecule has 1 aliphatic carbocycles. The Bertz CT molecular complexity index is 637. The molecule has 18 heavy (non-hydrogen) atoms. The largest absolute Gasteiger partial charge is 0.361 e. The summed E-state index contributed by atoms with van der Waals surface area (Å²) in [6.45, 7) is 1.91. The van der Waals surface area contributed by atoms with E-state index in [4.69, 9.17) is 0 Å². The van der Waals surface area contributed by atoms with Gasteiger partial charge in [0.25, 0.3) is 0 Å². The smallest absolute Gasteiger partial charge is 0.160 e. The molecule has 0 bridgehead atoms. The molecule has 0 spiro atoms. The van der Waals surface area contributed by atoms with E-state index in [2.05, 4.69) is 28.5 Å². The van der Waals surface area contributed by atoms with E-state index in [0.29, 0.717) is 6.42 Å². The van der Waals surface area contributed by atoms with Crippen LogP contribution >= 0.6 is 0 Å². The number of ketones is 1. The van der Waals surface area contributed by atoms with Gasteiger partial charge in [-0.05, 0) is 43.4 Å². The Hall–Kier alpha value is -2.03. The van der Waals surface area contributed by atoms with Gasteiger partial charge < -0.3 is 10.3 Å². The lowest BCUT2D eigenvalue weighted by molar-refractivity contribution is -0.116. The minimum Gasteiger partial charge on any atom is -0.361 e. The van der Waals surface area contributed by atoms with Crippen molar-refractivity contribution in [3.8, 4) is 0 Å². The molecule has 3 nitrogen and oxygen atoms in total. The fourth-order valence-corrected chi connectivity index (χ4v) is 2.43. The van der Waals surface area contributed by atoms with Crippen molar-refractivity contribution in [2.45, 2.75) is 26.2 Å². The van der Waals surface area contributed by atoms with Crippen molar-refractivity contribution in [3.05, 3.63) is 41.7 Å². The molecule has 1 heterocycles. The van der Waals surface area contributed by atoms with Gasteiger partial charge in [0.05, 0.1) is 0 Å². The predicted molar refractivity (Wildman–Crippen MR) is 73.5 cm³/mol. The summed E-state index contributed by atoms with van der Waals surface area (Å²) in [5, 5.41) is 4.58. The van der Waals surface area contributed by atoms with Crippen LogP contribution in [0.1, 0.15) is 26.2 Å². The second kappa shape index (κ2) is 4.33. The molecule has 3 heteroatoms. The van der Waals surface area contributed by atoms with Crippen LogP contribution in [-0.4, -0.2) is 10.8 Å². The van der Waals surface area contributed by atoms with Crippen molar-refractivity contribution in [3.63, 3.8) is 0 Å². The number of hydrogen-bond acceptors (Lipinski definition) is 2. The van der Waals surface area contributed by atoms with Gasteiger partial charge in [0.1, 0.15) is 0 Å². The first kappa shape index (κ1) is 11.1. The van der Waals surface area contributed by atoms with Gasteiger partial charge in [-0.1, -0.05) is 6.07 Å². The van der Waals surface area contributed by atoms with Crippen LogP contribution in [0.2, 0.25) is 0 Å². The molecule has 0 saturated carbocycles. The van der Waals surface area contributed by atoms with E-state index in [1.807, 2.05) is 19.2 Å². The second-order valence-corrected chi connectivity index (χ2v) is 4.78. The zero-order valence-corrected chi connectivity index (χ0v) is 10.4. The summed E-state index contributed by atoms with van der Waals surface area (Å²) in [5.74, 6) is 0.268. The number of carbonyl (C=O) groups excluding carboxylic acids is 1. The van der Waals surface area contributed by atoms with Crippen LogP contribution in [-0.2, 0) is 4.79 Å². The molecule has 1 aliphatic rings. The summed E-state index contributed by atoms with van der Waals surface area (Å²) in [6.07, 6.45) is 4.53. The maximum atomic E-state index is 11.7. The first-order valence-electron chi connectivity index (χ1n) is 6.31. The molecule has 2 aromatic rings. The van der Waals surface area contributed by atoms with Gasteiger partial charge in [0.15, 0.2) is 5.78 Å².